The second kappa shape index (κ2) is 7.87. The Labute approximate surface area is 182 Å². The lowest BCUT2D eigenvalue weighted by atomic mass is 10.00. The van der Waals surface area contributed by atoms with E-state index in [0.29, 0.717) is 31.6 Å². The molecule has 3 aliphatic heterocycles. The normalized spacial score (nSPS) is 18.4. The Balaban J connectivity index is 1.36. The van der Waals surface area contributed by atoms with Gasteiger partial charge in [-0.25, -0.2) is 23.1 Å². The minimum absolute atomic E-state index is 0.0435. The van der Waals surface area contributed by atoms with E-state index in [-0.39, 0.29) is 17.3 Å². The Bertz CT molecular complexity index is 1140. The molecule has 0 spiro atoms. The molecule has 1 aromatic carbocycles. The molecule has 2 aromatic rings. The van der Waals surface area contributed by atoms with Crippen LogP contribution in [0.15, 0.2) is 23.1 Å². The van der Waals surface area contributed by atoms with Crippen molar-refractivity contribution in [1.82, 2.24) is 14.7 Å². The number of rotatable bonds is 5. The van der Waals surface area contributed by atoms with Crippen molar-refractivity contribution in [3.63, 3.8) is 0 Å². The van der Waals surface area contributed by atoms with Crippen LogP contribution in [0.25, 0.3) is 0 Å². The average Bonchev–Trinajstić information content (AvgIpc) is 3.21. The van der Waals surface area contributed by atoms with Crippen molar-refractivity contribution < 1.29 is 13.2 Å². The first kappa shape index (κ1) is 20.4. The standard InChI is InChI=1S/C22H27N5O3S/c1-15-11-20(26-8-3-2-4-9-26)25-19(24-15)14-23-31(29,30)18-12-16-5-6-21(28)27-10-7-17(13-18)22(16)27/h11-13,23H,2-10,14H2,1H3. The fourth-order valence-electron chi connectivity index (χ4n) is 4.80. The molecule has 1 fully saturated rings. The first-order valence-electron chi connectivity index (χ1n) is 11.0. The molecule has 3 aliphatic rings. The first-order chi connectivity index (χ1) is 14.9. The molecule has 164 valence electrons. The molecule has 0 unspecified atom stereocenters. The molecular formula is C22H27N5O3S. The van der Waals surface area contributed by atoms with E-state index >= 15 is 0 Å². The lowest BCUT2D eigenvalue weighted by Gasteiger charge is -2.28. The molecule has 0 atom stereocenters. The van der Waals surface area contributed by atoms with Gasteiger partial charge in [0.05, 0.1) is 17.1 Å². The van der Waals surface area contributed by atoms with Crippen molar-refractivity contribution in [1.29, 1.82) is 0 Å². The third-order valence-electron chi connectivity index (χ3n) is 6.32. The Morgan fingerprint density at radius 2 is 1.71 bits per heavy atom. The number of benzene rings is 1. The van der Waals surface area contributed by atoms with Crippen LogP contribution in [0.2, 0.25) is 0 Å². The van der Waals surface area contributed by atoms with Gasteiger partial charge in [0, 0.05) is 37.8 Å². The Hall–Kier alpha value is -2.52. The third-order valence-corrected chi connectivity index (χ3v) is 7.70. The van der Waals surface area contributed by atoms with E-state index in [1.807, 2.05) is 13.0 Å². The number of nitrogens with zero attached hydrogens (tertiary/aromatic N) is 4. The summed E-state index contributed by atoms with van der Waals surface area (Å²) < 4.78 is 28.8. The lowest BCUT2D eigenvalue weighted by molar-refractivity contribution is -0.118. The summed E-state index contributed by atoms with van der Waals surface area (Å²) in [7, 11) is -3.72. The van der Waals surface area contributed by atoms with Crippen LogP contribution >= 0.6 is 0 Å². The molecular weight excluding hydrogens is 414 g/mol. The van der Waals surface area contributed by atoms with Crippen molar-refractivity contribution in [3.8, 4) is 0 Å². The summed E-state index contributed by atoms with van der Waals surface area (Å²) in [4.78, 5) is 25.5. The molecule has 0 bridgehead atoms. The highest BCUT2D eigenvalue weighted by molar-refractivity contribution is 7.89. The van der Waals surface area contributed by atoms with Crippen molar-refractivity contribution in [2.24, 2.45) is 0 Å². The molecule has 0 radical (unpaired) electrons. The number of anilines is 2. The van der Waals surface area contributed by atoms with Gasteiger partial charge in [0.2, 0.25) is 15.9 Å². The number of amides is 1. The molecule has 0 aliphatic carbocycles. The first-order valence-corrected chi connectivity index (χ1v) is 12.4. The van der Waals surface area contributed by atoms with Crippen LogP contribution in [0.3, 0.4) is 0 Å². The van der Waals surface area contributed by atoms with Gasteiger partial charge in [0.15, 0.2) is 0 Å². The predicted molar refractivity (Wildman–Crippen MR) is 118 cm³/mol. The summed E-state index contributed by atoms with van der Waals surface area (Å²) in [5.74, 6) is 1.47. The number of aromatic nitrogens is 2. The second-order valence-corrected chi connectivity index (χ2v) is 10.3. The summed E-state index contributed by atoms with van der Waals surface area (Å²) in [6, 6.07) is 5.37. The number of piperidine rings is 1. The maximum absolute atomic E-state index is 13.1. The van der Waals surface area contributed by atoms with Gasteiger partial charge in [0.25, 0.3) is 0 Å². The number of nitrogens with one attached hydrogen (secondary N) is 1. The maximum Gasteiger partial charge on any atom is 0.240 e. The Kier molecular flexibility index (Phi) is 5.18. The van der Waals surface area contributed by atoms with Gasteiger partial charge in [-0.2, -0.15) is 0 Å². The number of hydrogen-bond donors (Lipinski definition) is 1. The minimum atomic E-state index is -3.72. The third kappa shape index (κ3) is 3.92. The second-order valence-electron chi connectivity index (χ2n) is 8.54. The van der Waals surface area contributed by atoms with Crippen LogP contribution in [0.1, 0.15) is 48.3 Å². The number of carbonyl (C=O) groups is 1. The zero-order valence-corrected chi connectivity index (χ0v) is 18.5. The van der Waals surface area contributed by atoms with E-state index in [1.165, 1.54) is 6.42 Å². The predicted octanol–water partition coefficient (Wildman–Crippen LogP) is 2.09. The summed E-state index contributed by atoms with van der Waals surface area (Å²) in [6.45, 7) is 4.53. The molecule has 1 saturated heterocycles. The molecule has 8 nitrogen and oxygen atoms in total. The van der Waals surface area contributed by atoms with Gasteiger partial charge in [-0.1, -0.05) is 0 Å². The summed E-state index contributed by atoms with van der Waals surface area (Å²) >= 11 is 0. The molecule has 1 N–H and O–H groups in total. The monoisotopic (exact) mass is 441 g/mol. The van der Waals surface area contributed by atoms with Gasteiger partial charge >= 0.3 is 0 Å². The fraction of sp³-hybridized carbons (Fsp3) is 0.500. The lowest BCUT2D eigenvalue weighted by Crippen LogP contribution is -2.33. The number of sulfonamides is 1. The zero-order valence-electron chi connectivity index (χ0n) is 17.7. The summed E-state index contributed by atoms with van der Waals surface area (Å²) in [5.41, 5.74) is 3.62. The topological polar surface area (TPSA) is 95.5 Å². The highest BCUT2D eigenvalue weighted by Crippen LogP contribution is 2.38. The van der Waals surface area contributed by atoms with Gasteiger partial charge in [-0.3, -0.25) is 4.79 Å². The van der Waals surface area contributed by atoms with Crippen molar-refractivity contribution in [2.75, 3.05) is 29.4 Å². The van der Waals surface area contributed by atoms with Crippen LogP contribution in [0.4, 0.5) is 11.5 Å². The van der Waals surface area contributed by atoms with E-state index in [1.54, 1.807) is 17.0 Å². The Morgan fingerprint density at radius 1 is 0.968 bits per heavy atom. The molecule has 5 rings (SSSR count). The molecule has 31 heavy (non-hydrogen) atoms. The minimum Gasteiger partial charge on any atom is -0.357 e. The quantitative estimate of drug-likeness (QED) is 0.763. The fourth-order valence-corrected chi connectivity index (χ4v) is 5.88. The van der Waals surface area contributed by atoms with Crippen molar-refractivity contribution in [3.05, 3.63) is 40.8 Å². The van der Waals surface area contributed by atoms with Crippen LogP contribution in [-0.4, -0.2) is 43.9 Å². The van der Waals surface area contributed by atoms with E-state index in [4.69, 9.17) is 0 Å². The zero-order chi connectivity index (χ0) is 21.6. The highest BCUT2D eigenvalue weighted by Gasteiger charge is 2.33. The van der Waals surface area contributed by atoms with E-state index in [9.17, 15) is 13.2 Å². The van der Waals surface area contributed by atoms with E-state index in [2.05, 4.69) is 19.6 Å². The highest BCUT2D eigenvalue weighted by atomic mass is 32.2. The molecule has 1 amide bonds. The van der Waals surface area contributed by atoms with Crippen LogP contribution in [0, 0.1) is 6.92 Å². The molecule has 0 saturated carbocycles. The number of aryl methyl sites for hydroxylation is 2. The van der Waals surface area contributed by atoms with E-state index in [0.717, 1.165) is 54.3 Å². The SMILES string of the molecule is Cc1cc(N2CCCCC2)nc(CNS(=O)(=O)c2cc3c4c(c2)CCN4C(=O)CC3)n1. The van der Waals surface area contributed by atoms with Crippen LogP contribution in [0.5, 0.6) is 0 Å². The van der Waals surface area contributed by atoms with Gasteiger partial charge in [-0.05, 0) is 62.3 Å². The van der Waals surface area contributed by atoms with Crippen LogP contribution < -0.4 is 14.5 Å². The summed E-state index contributed by atoms with van der Waals surface area (Å²) in [5, 5.41) is 0. The van der Waals surface area contributed by atoms with Crippen LogP contribution in [-0.2, 0) is 34.2 Å². The maximum atomic E-state index is 13.1. The van der Waals surface area contributed by atoms with Crippen molar-refractivity contribution in [2.45, 2.75) is 56.9 Å². The largest absolute Gasteiger partial charge is 0.357 e. The number of hydrogen-bond acceptors (Lipinski definition) is 6. The summed E-state index contributed by atoms with van der Waals surface area (Å²) in [6.07, 6.45) is 5.24. The molecule has 4 heterocycles. The van der Waals surface area contributed by atoms with Gasteiger partial charge in [0.1, 0.15) is 11.6 Å². The van der Waals surface area contributed by atoms with Gasteiger partial charge < -0.3 is 9.80 Å². The molecule has 1 aromatic heterocycles. The Morgan fingerprint density at radius 3 is 2.48 bits per heavy atom. The molecule has 9 heteroatoms. The number of carbonyl (C=O) groups excluding carboxylic acids is 1. The van der Waals surface area contributed by atoms with E-state index < -0.39 is 10.0 Å². The van der Waals surface area contributed by atoms with Crippen molar-refractivity contribution >= 4 is 27.4 Å². The van der Waals surface area contributed by atoms with Gasteiger partial charge in [-0.15, -0.1) is 0 Å². The average molecular weight is 442 g/mol. The smallest absolute Gasteiger partial charge is 0.240 e.